The minimum absolute atomic E-state index is 0.0348. The molecular formula is C13H18ClNO3S. The molecule has 1 aromatic rings. The van der Waals surface area contributed by atoms with E-state index in [1.54, 1.807) is 33.9 Å². The SMILES string of the molecule is CCN(C)C(=O)c1c(C)cc(C)c(S(=O)(=O)Cl)c1C. The first kappa shape index (κ1) is 16.0. The maximum Gasteiger partial charge on any atom is 0.261 e. The van der Waals surface area contributed by atoms with E-state index in [-0.39, 0.29) is 10.8 Å². The van der Waals surface area contributed by atoms with Crippen LogP contribution in [0.1, 0.15) is 34.0 Å². The van der Waals surface area contributed by atoms with Crippen LogP contribution in [0, 0.1) is 20.8 Å². The van der Waals surface area contributed by atoms with E-state index in [0.717, 1.165) is 5.56 Å². The molecule has 0 aliphatic carbocycles. The van der Waals surface area contributed by atoms with Gasteiger partial charge in [-0.05, 0) is 44.4 Å². The molecule has 106 valence electrons. The Balaban J connectivity index is 3.64. The number of amides is 1. The molecule has 1 rings (SSSR count). The Morgan fingerprint density at radius 3 is 2.21 bits per heavy atom. The zero-order valence-corrected chi connectivity index (χ0v) is 13.3. The topological polar surface area (TPSA) is 54.5 Å². The van der Waals surface area contributed by atoms with Gasteiger partial charge in [0.2, 0.25) is 0 Å². The van der Waals surface area contributed by atoms with Crippen molar-refractivity contribution in [3.63, 3.8) is 0 Å². The first-order valence-corrected chi connectivity index (χ1v) is 8.23. The van der Waals surface area contributed by atoms with E-state index in [1.165, 1.54) is 4.90 Å². The quantitative estimate of drug-likeness (QED) is 0.807. The molecular weight excluding hydrogens is 286 g/mol. The lowest BCUT2D eigenvalue weighted by Crippen LogP contribution is -2.28. The Kier molecular flexibility index (Phi) is 4.63. The Morgan fingerprint density at radius 2 is 1.79 bits per heavy atom. The van der Waals surface area contributed by atoms with Gasteiger partial charge in [0.15, 0.2) is 0 Å². The summed E-state index contributed by atoms with van der Waals surface area (Å²) in [4.78, 5) is 13.9. The van der Waals surface area contributed by atoms with Gasteiger partial charge in [-0.1, -0.05) is 6.07 Å². The van der Waals surface area contributed by atoms with Crippen LogP contribution in [0.2, 0.25) is 0 Å². The van der Waals surface area contributed by atoms with Gasteiger partial charge < -0.3 is 4.90 Å². The van der Waals surface area contributed by atoms with Gasteiger partial charge in [0.05, 0.1) is 4.90 Å². The van der Waals surface area contributed by atoms with E-state index in [0.29, 0.717) is 23.2 Å². The van der Waals surface area contributed by atoms with Gasteiger partial charge in [-0.2, -0.15) is 0 Å². The van der Waals surface area contributed by atoms with Crippen molar-refractivity contribution in [3.8, 4) is 0 Å². The number of rotatable bonds is 3. The summed E-state index contributed by atoms with van der Waals surface area (Å²) < 4.78 is 23.3. The second-order valence-electron chi connectivity index (χ2n) is 4.60. The molecule has 0 saturated heterocycles. The monoisotopic (exact) mass is 303 g/mol. The van der Waals surface area contributed by atoms with Gasteiger partial charge in [0, 0.05) is 29.8 Å². The molecule has 6 heteroatoms. The number of halogens is 1. The van der Waals surface area contributed by atoms with Crippen LogP contribution < -0.4 is 0 Å². The minimum atomic E-state index is -3.87. The molecule has 0 radical (unpaired) electrons. The van der Waals surface area contributed by atoms with Crippen molar-refractivity contribution < 1.29 is 13.2 Å². The number of hydrogen-bond acceptors (Lipinski definition) is 3. The average molecular weight is 304 g/mol. The molecule has 4 nitrogen and oxygen atoms in total. The smallest absolute Gasteiger partial charge is 0.261 e. The van der Waals surface area contributed by atoms with E-state index in [4.69, 9.17) is 10.7 Å². The molecule has 1 amide bonds. The van der Waals surface area contributed by atoms with E-state index < -0.39 is 9.05 Å². The molecule has 0 bridgehead atoms. The molecule has 0 heterocycles. The lowest BCUT2D eigenvalue weighted by atomic mass is 9.98. The number of nitrogens with zero attached hydrogens (tertiary/aromatic N) is 1. The fourth-order valence-electron chi connectivity index (χ4n) is 2.21. The van der Waals surface area contributed by atoms with E-state index >= 15 is 0 Å². The van der Waals surface area contributed by atoms with Gasteiger partial charge in [0.1, 0.15) is 0 Å². The van der Waals surface area contributed by atoms with Crippen LogP contribution in [0.15, 0.2) is 11.0 Å². The third-order valence-electron chi connectivity index (χ3n) is 3.18. The van der Waals surface area contributed by atoms with Crippen LogP contribution in [-0.2, 0) is 9.05 Å². The van der Waals surface area contributed by atoms with Crippen molar-refractivity contribution >= 4 is 25.6 Å². The van der Waals surface area contributed by atoms with Crippen molar-refractivity contribution in [3.05, 3.63) is 28.3 Å². The Hall–Kier alpha value is -1.07. The van der Waals surface area contributed by atoms with Gasteiger partial charge in [-0.25, -0.2) is 8.42 Å². The number of carbonyl (C=O) groups excluding carboxylic acids is 1. The Morgan fingerprint density at radius 1 is 1.26 bits per heavy atom. The Bertz CT molecular complexity index is 623. The van der Waals surface area contributed by atoms with E-state index in [2.05, 4.69) is 0 Å². The number of carbonyl (C=O) groups is 1. The molecule has 0 spiro atoms. The number of hydrogen-bond donors (Lipinski definition) is 0. The molecule has 0 aromatic heterocycles. The Labute approximate surface area is 118 Å². The van der Waals surface area contributed by atoms with Crippen LogP contribution in [0.4, 0.5) is 0 Å². The number of aryl methyl sites for hydroxylation is 2. The van der Waals surface area contributed by atoms with Gasteiger partial charge in [0.25, 0.3) is 15.0 Å². The van der Waals surface area contributed by atoms with Crippen molar-refractivity contribution in [1.82, 2.24) is 4.90 Å². The summed E-state index contributed by atoms with van der Waals surface area (Å²) in [6, 6.07) is 1.68. The van der Waals surface area contributed by atoms with Crippen molar-refractivity contribution in [2.75, 3.05) is 13.6 Å². The average Bonchev–Trinajstić information content (AvgIpc) is 2.24. The van der Waals surface area contributed by atoms with Gasteiger partial charge >= 0.3 is 0 Å². The van der Waals surface area contributed by atoms with Crippen molar-refractivity contribution in [2.24, 2.45) is 0 Å². The van der Waals surface area contributed by atoms with Gasteiger partial charge in [-0.3, -0.25) is 4.79 Å². The van der Waals surface area contributed by atoms with Crippen LogP contribution in [0.25, 0.3) is 0 Å². The van der Waals surface area contributed by atoms with Crippen LogP contribution >= 0.6 is 10.7 Å². The highest BCUT2D eigenvalue weighted by Crippen LogP contribution is 2.29. The lowest BCUT2D eigenvalue weighted by molar-refractivity contribution is 0.0800. The normalized spacial score (nSPS) is 11.5. The molecule has 0 atom stereocenters. The second kappa shape index (κ2) is 5.51. The summed E-state index contributed by atoms with van der Waals surface area (Å²) in [5.74, 6) is -0.195. The summed E-state index contributed by atoms with van der Waals surface area (Å²) in [6.45, 7) is 7.49. The summed E-state index contributed by atoms with van der Waals surface area (Å²) in [5, 5.41) is 0. The molecule has 19 heavy (non-hydrogen) atoms. The van der Waals surface area contributed by atoms with E-state index in [9.17, 15) is 13.2 Å². The molecule has 0 aliphatic heterocycles. The molecule has 1 aromatic carbocycles. The van der Waals surface area contributed by atoms with Crippen LogP contribution in [0.5, 0.6) is 0 Å². The second-order valence-corrected chi connectivity index (χ2v) is 7.10. The molecule has 0 N–H and O–H groups in total. The first-order valence-electron chi connectivity index (χ1n) is 5.92. The predicted molar refractivity (Wildman–Crippen MR) is 76.3 cm³/mol. The standard InChI is InChI=1S/C13H18ClNO3S/c1-6-15(5)13(16)11-8(2)7-9(3)12(10(11)4)19(14,17)18/h7H,6H2,1-5H3. The summed E-state index contributed by atoms with van der Waals surface area (Å²) in [7, 11) is 3.27. The molecule has 0 saturated carbocycles. The zero-order chi connectivity index (χ0) is 15.0. The fraction of sp³-hybridized carbons (Fsp3) is 0.462. The summed E-state index contributed by atoms with van der Waals surface area (Å²) in [5.41, 5.74) is 2.14. The first-order chi connectivity index (χ1) is 8.61. The highest BCUT2D eigenvalue weighted by molar-refractivity contribution is 8.13. The van der Waals surface area contributed by atoms with Gasteiger partial charge in [-0.15, -0.1) is 0 Å². The van der Waals surface area contributed by atoms with Crippen LogP contribution in [0.3, 0.4) is 0 Å². The van der Waals surface area contributed by atoms with Crippen LogP contribution in [-0.4, -0.2) is 32.8 Å². The third-order valence-corrected chi connectivity index (χ3v) is 4.76. The van der Waals surface area contributed by atoms with Crippen molar-refractivity contribution in [2.45, 2.75) is 32.6 Å². The minimum Gasteiger partial charge on any atom is -0.342 e. The maximum absolute atomic E-state index is 12.3. The zero-order valence-electron chi connectivity index (χ0n) is 11.7. The third kappa shape index (κ3) is 3.09. The predicted octanol–water partition coefficient (Wildman–Crippen LogP) is 2.63. The lowest BCUT2D eigenvalue weighted by Gasteiger charge is -2.20. The maximum atomic E-state index is 12.3. The number of benzene rings is 1. The molecule has 0 aliphatic rings. The van der Waals surface area contributed by atoms with Crippen molar-refractivity contribution in [1.29, 1.82) is 0 Å². The summed E-state index contributed by atoms with van der Waals surface area (Å²) >= 11 is 0. The summed E-state index contributed by atoms with van der Waals surface area (Å²) in [6.07, 6.45) is 0. The molecule has 0 fully saturated rings. The highest BCUT2D eigenvalue weighted by Gasteiger charge is 2.24. The fourth-order valence-corrected chi connectivity index (χ4v) is 3.83. The largest absolute Gasteiger partial charge is 0.342 e. The van der Waals surface area contributed by atoms with E-state index in [1.807, 2.05) is 6.92 Å². The highest BCUT2D eigenvalue weighted by atomic mass is 35.7. The molecule has 0 unspecified atom stereocenters.